The number of amides is 1. The molecule has 0 aliphatic carbocycles. The third kappa shape index (κ3) is 1.99. The van der Waals surface area contributed by atoms with E-state index in [2.05, 4.69) is 0 Å². The molecule has 0 aliphatic rings. The van der Waals surface area contributed by atoms with E-state index >= 15 is 0 Å². The minimum absolute atomic E-state index is 0.153. The first-order valence-electron chi connectivity index (χ1n) is 2.31. The molecule has 10 heavy (non-hydrogen) atoms. The Morgan fingerprint density at radius 1 is 1.60 bits per heavy atom. The lowest BCUT2D eigenvalue weighted by atomic mass is 11.5. The Bertz CT molecular complexity index is 134. The molecule has 1 unspecified atom stereocenters. The first kappa shape index (κ1) is 9.44. The Morgan fingerprint density at radius 3 is 2.10 bits per heavy atom. The summed E-state index contributed by atoms with van der Waals surface area (Å²) in [7, 11) is -4.52. The predicted molar refractivity (Wildman–Crippen MR) is 29.1 cm³/mol. The lowest BCUT2D eigenvalue weighted by Crippen LogP contribution is -2.59. The van der Waals surface area contributed by atoms with Gasteiger partial charge in [-0.3, -0.25) is 4.79 Å². The van der Waals surface area contributed by atoms with Gasteiger partial charge < -0.3 is 9.78 Å². The number of rotatable bonds is 2. The summed E-state index contributed by atoms with van der Waals surface area (Å²) in [4.78, 5) is 19.4. The Balaban J connectivity index is 4.23. The van der Waals surface area contributed by atoms with E-state index in [9.17, 15) is 18.0 Å². The smallest absolute Gasteiger partial charge is 0.410 e. The highest BCUT2D eigenvalue weighted by Gasteiger charge is 2.54. The summed E-state index contributed by atoms with van der Waals surface area (Å²) < 4.78 is 34.8. The van der Waals surface area contributed by atoms with Gasteiger partial charge in [0.15, 0.2) is 0 Å². The first-order valence-corrected chi connectivity index (χ1v) is 4.76. The first-order chi connectivity index (χ1) is 4.31. The number of carbonyl (C=O) groups excluding carboxylic acids is 1. The second-order valence-corrected chi connectivity index (χ2v) is 4.83. The molecule has 0 aliphatic heterocycles. The highest BCUT2D eigenvalue weighted by Crippen LogP contribution is 2.23. The molecule has 0 heterocycles. The van der Waals surface area contributed by atoms with Crippen LogP contribution in [0.4, 0.5) is 13.2 Å². The fourth-order valence-electron chi connectivity index (χ4n) is 0.197. The predicted octanol–water partition coefficient (Wildman–Crippen LogP) is -0.102. The van der Waals surface area contributed by atoms with Crippen molar-refractivity contribution in [3.8, 4) is 0 Å². The summed E-state index contributed by atoms with van der Waals surface area (Å²) in [5.74, 6) is -4.70. The maximum Gasteiger partial charge on any atom is 0.415 e. The minimum Gasteiger partial charge on any atom is -0.410 e. The van der Waals surface area contributed by atoms with E-state index in [1.165, 1.54) is 4.98 Å². The second kappa shape index (κ2) is 2.58. The van der Waals surface area contributed by atoms with Crippen LogP contribution in [0.5, 0.6) is 0 Å². The maximum atomic E-state index is 11.6. The van der Waals surface area contributed by atoms with E-state index in [1.807, 2.05) is 0 Å². The molecular weight excluding hydrogens is 167 g/mol. The molecule has 0 bridgehead atoms. The summed E-state index contributed by atoms with van der Waals surface area (Å²) in [6.45, 7) is 0.585. The summed E-state index contributed by atoms with van der Waals surface area (Å²) in [6, 6.07) is 0. The average Bonchev–Trinajstić information content (AvgIpc) is 1.61. The van der Waals surface area contributed by atoms with Crippen LogP contribution in [0.3, 0.4) is 0 Å². The average molecular weight is 173 g/mol. The highest BCUT2D eigenvalue weighted by atomic mass is 28.4. The lowest BCUT2D eigenvalue weighted by molar-refractivity contribution is -0.110. The van der Waals surface area contributed by atoms with E-state index in [4.69, 9.17) is 4.80 Å². The normalized spacial score (nSPS) is 17.7. The zero-order valence-corrected chi connectivity index (χ0v) is 6.07. The van der Waals surface area contributed by atoms with Gasteiger partial charge in [-0.25, -0.2) is 0 Å². The van der Waals surface area contributed by atoms with Crippen molar-refractivity contribution in [3.05, 3.63) is 0 Å². The second-order valence-electron chi connectivity index (χ2n) is 1.83. The van der Waals surface area contributed by atoms with E-state index in [0.29, 0.717) is 6.55 Å². The van der Waals surface area contributed by atoms with Gasteiger partial charge >= 0.3 is 14.3 Å². The molecule has 0 saturated heterocycles. The van der Waals surface area contributed by atoms with Crippen molar-refractivity contribution in [1.29, 1.82) is 0 Å². The molecule has 0 aromatic heterocycles. The number of halogens is 3. The quantitative estimate of drug-likeness (QED) is 0.452. The molecule has 0 rings (SSSR count). The van der Waals surface area contributed by atoms with Crippen molar-refractivity contribution in [1.82, 2.24) is 4.98 Å². The number of hydrogen-bond donors (Lipinski definition) is 2. The molecular formula is C3H6F3NO2Si. The van der Waals surface area contributed by atoms with Crippen LogP contribution in [0, 0.1) is 0 Å². The molecule has 0 aromatic rings. The number of nitrogens with one attached hydrogen (secondary N) is 1. The molecule has 3 nitrogen and oxygen atoms in total. The molecule has 7 heteroatoms. The van der Waals surface area contributed by atoms with Gasteiger partial charge in [0.2, 0.25) is 6.41 Å². The summed E-state index contributed by atoms with van der Waals surface area (Å²) in [5.41, 5.74) is 0. The summed E-state index contributed by atoms with van der Waals surface area (Å²) in [5, 5.41) is 0. The molecule has 0 aromatic carbocycles. The van der Waals surface area contributed by atoms with Gasteiger partial charge in [0.1, 0.15) is 0 Å². The van der Waals surface area contributed by atoms with Crippen molar-refractivity contribution in [2.24, 2.45) is 0 Å². The van der Waals surface area contributed by atoms with Crippen molar-refractivity contribution >= 4 is 14.9 Å². The standard InChI is InChI=1S/C3H6F3NO2Si/c1-10(9,7-2-8)3(4,5)6/h2,9H,1H3,(H,7,8). The monoisotopic (exact) mass is 173 g/mol. The van der Waals surface area contributed by atoms with E-state index in [0.717, 1.165) is 0 Å². The molecule has 1 atom stereocenters. The fourth-order valence-corrected chi connectivity index (χ4v) is 0.590. The summed E-state index contributed by atoms with van der Waals surface area (Å²) in [6.07, 6.45) is -0.153. The van der Waals surface area contributed by atoms with Gasteiger partial charge in [0, 0.05) is 0 Å². The van der Waals surface area contributed by atoms with Crippen LogP contribution in [0.25, 0.3) is 0 Å². The molecule has 1 amide bonds. The van der Waals surface area contributed by atoms with Crippen LogP contribution in [-0.4, -0.2) is 25.5 Å². The summed E-state index contributed by atoms with van der Waals surface area (Å²) >= 11 is 0. The largest absolute Gasteiger partial charge is 0.415 e. The molecule has 2 N–H and O–H groups in total. The maximum absolute atomic E-state index is 11.6. The zero-order valence-electron chi connectivity index (χ0n) is 5.07. The number of hydrogen-bond acceptors (Lipinski definition) is 2. The molecule has 0 radical (unpaired) electrons. The Hall–Kier alpha value is -0.563. The third-order valence-electron chi connectivity index (χ3n) is 0.892. The SMILES string of the molecule is C[Si](O)(NC=O)C(F)(F)F. The van der Waals surface area contributed by atoms with Crippen LogP contribution in [0.2, 0.25) is 6.55 Å². The van der Waals surface area contributed by atoms with Gasteiger partial charge in [-0.05, 0) is 6.55 Å². The van der Waals surface area contributed by atoms with Crippen molar-refractivity contribution in [3.63, 3.8) is 0 Å². The third-order valence-corrected chi connectivity index (χ3v) is 2.68. The van der Waals surface area contributed by atoms with Crippen molar-refractivity contribution in [2.45, 2.75) is 12.3 Å². The van der Waals surface area contributed by atoms with Crippen LogP contribution in [0.15, 0.2) is 0 Å². The van der Waals surface area contributed by atoms with Gasteiger partial charge in [-0.1, -0.05) is 0 Å². The fraction of sp³-hybridized carbons (Fsp3) is 0.667. The Morgan fingerprint density at radius 2 is 2.00 bits per heavy atom. The van der Waals surface area contributed by atoms with Crippen molar-refractivity contribution < 1.29 is 22.8 Å². The Labute approximate surface area is 56.1 Å². The zero-order chi connectivity index (χ0) is 8.41. The molecule has 0 saturated carbocycles. The van der Waals surface area contributed by atoms with Crippen LogP contribution in [0.1, 0.15) is 0 Å². The minimum atomic E-state index is -4.70. The van der Waals surface area contributed by atoms with Gasteiger partial charge in [0.25, 0.3) is 0 Å². The number of carbonyl (C=O) groups is 1. The lowest BCUT2D eigenvalue weighted by Gasteiger charge is -2.20. The van der Waals surface area contributed by atoms with Crippen LogP contribution in [-0.2, 0) is 4.79 Å². The van der Waals surface area contributed by atoms with Crippen LogP contribution >= 0.6 is 0 Å². The van der Waals surface area contributed by atoms with Gasteiger partial charge in [-0.2, -0.15) is 13.2 Å². The van der Waals surface area contributed by atoms with Gasteiger partial charge in [0.05, 0.1) is 0 Å². The molecule has 0 spiro atoms. The topological polar surface area (TPSA) is 49.3 Å². The van der Waals surface area contributed by atoms with E-state index < -0.39 is 14.3 Å². The molecule has 60 valence electrons. The van der Waals surface area contributed by atoms with Crippen molar-refractivity contribution in [2.75, 3.05) is 0 Å². The van der Waals surface area contributed by atoms with Gasteiger partial charge in [-0.15, -0.1) is 0 Å². The van der Waals surface area contributed by atoms with E-state index in [-0.39, 0.29) is 6.41 Å². The molecule has 0 fully saturated rings. The van der Waals surface area contributed by atoms with E-state index in [1.54, 1.807) is 0 Å². The number of alkyl halides is 3. The highest BCUT2D eigenvalue weighted by molar-refractivity contribution is 6.72. The van der Waals surface area contributed by atoms with Crippen LogP contribution < -0.4 is 4.98 Å². The Kier molecular flexibility index (Phi) is 2.44.